The van der Waals surface area contributed by atoms with Gasteiger partial charge < -0.3 is 14.6 Å². The van der Waals surface area contributed by atoms with Crippen molar-refractivity contribution >= 4 is 70.4 Å². The van der Waals surface area contributed by atoms with E-state index in [2.05, 4.69) is 6.58 Å². The van der Waals surface area contributed by atoms with E-state index in [0.717, 1.165) is 28.2 Å². The lowest BCUT2D eigenvalue weighted by Gasteiger charge is -2.50. The lowest BCUT2D eigenvalue weighted by atomic mass is 9.56. The number of hydrogen-bond acceptors (Lipinski definition) is 7. The van der Waals surface area contributed by atoms with Gasteiger partial charge in [0.1, 0.15) is 23.1 Å². The summed E-state index contributed by atoms with van der Waals surface area (Å²) < 4.78 is 24.8. The Balaban J connectivity index is 1.17. The number of carbonyl (C=O) groups excluding carboxylic acids is 4. The minimum absolute atomic E-state index is 0.0678. The third-order valence-electron chi connectivity index (χ3n) is 11.8. The van der Waals surface area contributed by atoms with Crippen LogP contribution in [0.5, 0.6) is 17.2 Å². The van der Waals surface area contributed by atoms with Gasteiger partial charge in [-0.1, -0.05) is 60.2 Å². The van der Waals surface area contributed by atoms with Crippen molar-refractivity contribution in [3.63, 3.8) is 0 Å². The Kier molecular flexibility index (Phi) is 9.61. The zero-order valence-electron chi connectivity index (χ0n) is 31.0. The van der Waals surface area contributed by atoms with Crippen LogP contribution in [0.4, 0.5) is 15.8 Å². The fourth-order valence-corrected chi connectivity index (χ4v) is 9.98. The summed E-state index contributed by atoms with van der Waals surface area (Å²) in [5, 5.41) is 11.7. The molecule has 12 heteroatoms. The first-order valence-electron chi connectivity index (χ1n) is 18.4. The monoisotopic (exact) mass is 806 g/mol. The number of benzene rings is 4. The van der Waals surface area contributed by atoms with Gasteiger partial charge in [0.25, 0.3) is 11.8 Å². The van der Waals surface area contributed by atoms with Crippen molar-refractivity contribution in [3.8, 4) is 17.2 Å². The van der Waals surface area contributed by atoms with Crippen LogP contribution in [0.15, 0.2) is 109 Å². The molecule has 0 spiro atoms. The second kappa shape index (κ2) is 14.3. The number of nitrogens with zero attached hydrogens (tertiary/aromatic N) is 2. The molecule has 2 heterocycles. The van der Waals surface area contributed by atoms with Crippen LogP contribution in [-0.2, 0) is 25.6 Å². The molecule has 6 atom stereocenters. The second-order valence-corrected chi connectivity index (χ2v) is 15.9. The fourth-order valence-electron chi connectivity index (χ4n) is 9.05. The number of alkyl halides is 2. The number of amides is 4. The Hall–Kier alpha value is -5.71. The number of hydrogen-bond donors (Lipinski definition) is 1. The molecule has 9 nitrogen and oxygen atoms in total. The highest BCUT2D eigenvalue weighted by atomic mass is 35.5. The van der Waals surface area contributed by atoms with E-state index in [1.54, 1.807) is 68.8 Å². The summed E-state index contributed by atoms with van der Waals surface area (Å²) in [5.41, 5.74) is 3.33. The van der Waals surface area contributed by atoms with Crippen molar-refractivity contribution in [1.29, 1.82) is 0 Å². The standard InChI is InChI=1S/C45H37Cl2FN2O7/c1-4-6-26-7-5-8-34(39(26)51)38-32-20-21-33-37(35(32)24-44(46)42(54)50(43(55)45(38,44)47)30-17-13-28(48)14-18-30)41(53)49(40(33)52)29-15-10-25(11-16-29)9-12-27-23-31(56-2)19-22-36(27)57-3/h4-5,7-20,22-23,33,35,37-38,51H,1,6,21,24H2,2-3H3/t33-,35+,37-,38+,44+,45-/m0/s1. The van der Waals surface area contributed by atoms with Crippen molar-refractivity contribution in [2.45, 2.75) is 34.9 Å². The molecule has 4 aromatic carbocycles. The van der Waals surface area contributed by atoms with Gasteiger partial charge in [-0.15, -0.1) is 29.8 Å². The number of allylic oxidation sites excluding steroid dienone is 3. The van der Waals surface area contributed by atoms with E-state index in [4.69, 9.17) is 32.7 Å². The number of halogens is 3. The molecule has 2 aliphatic heterocycles. The molecular formula is C45H37Cl2FN2O7. The quantitative estimate of drug-likeness (QED) is 0.0785. The lowest BCUT2D eigenvalue weighted by molar-refractivity contribution is -0.125. The SMILES string of the molecule is C=CCc1cccc([C@H]2C3=CC[C@@H]4C(=O)N(c5ccc(C=Cc6cc(OC)ccc6OC)cc5)C(=O)[C@@H]4[C@@H]3C[C@@]3(Cl)C(=O)N(c4ccc(F)cc4)C(=O)[C@@]23Cl)c1O. The van der Waals surface area contributed by atoms with Crippen LogP contribution in [0, 0.1) is 23.6 Å². The minimum Gasteiger partial charge on any atom is -0.507 e. The Morgan fingerprint density at radius 1 is 0.860 bits per heavy atom. The predicted octanol–water partition coefficient (Wildman–Crippen LogP) is 8.22. The molecule has 57 heavy (non-hydrogen) atoms. The highest BCUT2D eigenvalue weighted by Crippen LogP contribution is 2.66. The summed E-state index contributed by atoms with van der Waals surface area (Å²) in [6.45, 7) is 3.79. The van der Waals surface area contributed by atoms with Crippen molar-refractivity contribution in [1.82, 2.24) is 0 Å². The first-order valence-corrected chi connectivity index (χ1v) is 19.2. The van der Waals surface area contributed by atoms with Gasteiger partial charge in [0.05, 0.1) is 37.4 Å². The maximum atomic E-state index is 14.7. The van der Waals surface area contributed by atoms with Crippen LogP contribution in [0.3, 0.4) is 0 Å². The van der Waals surface area contributed by atoms with E-state index in [1.165, 1.54) is 17.0 Å². The molecule has 0 radical (unpaired) electrons. The Bertz CT molecular complexity index is 2420. The van der Waals surface area contributed by atoms with Gasteiger partial charge in [0, 0.05) is 17.0 Å². The average molecular weight is 808 g/mol. The molecular weight excluding hydrogens is 770 g/mol. The first-order chi connectivity index (χ1) is 27.4. The molecule has 4 aromatic rings. The van der Waals surface area contributed by atoms with Gasteiger partial charge in [-0.2, -0.15) is 0 Å². The fraction of sp³-hybridized carbons (Fsp3) is 0.244. The summed E-state index contributed by atoms with van der Waals surface area (Å²) >= 11 is 15.0. The van der Waals surface area contributed by atoms with Crippen LogP contribution in [0.25, 0.3) is 12.2 Å². The molecule has 1 saturated carbocycles. The Labute approximate surface area is 338 Å². The van der Waals surface area contributed by atoms with Gasteiger partial charge in [0.2, 0.25) is 11.8 Å². The Morgan fingerprint density at radius 2 is 1.56 bits per heavy atom. The molecule has 4 aliphatic rings. The van der Waals surface area contributed by atoms with E-state index in [0.29, 0.717) is 34.7 Å². The number of phenolic OH excluding ortho intramolecular Hbond substituents is 1. The number of ether oxygens (including phenoxy) is 2. The van der Waals surface area contributed by atoms with E-state index < -0.39 is 62.9 Å². The molecule has 0 aromatic heterocycles. The van der Waals surface area contributed by atoms with Crippen LogP contribution in [0.1, 0.15) is 41.0 Å². The number of phenols is 1. The number of para-hydroxylation sites is 1. The number of fused-ring (bicyclic) bond motifs is 4. The van der Waals surface area contributed by atoms with Gasteiger partial charge in [0.15, 0.2) is 9.75 Å². The van der Waals surface area contributed by atoms with Gasteiger partial charge in [-0.25, -0.2) is 9.29 Å². The Morgan fingerprint density at radius 3 is 2.25 bits per heavy atom. The van der Waals surface area contributed by atoms with Crippen LogP contribution in [0.2, 0.25) is 0 Å². The van der Waals surface area contributed by atoms with Crippen molar-refractivity contribution in [2.75, 3.05) is 24.0 Å². The topological polar surface area (TPSA) is 113 Å². The molecule has 0 bridgehead atoms. The predicted molar refractivity (Wildman–Crippen MR) is 216 cm³/mol. The zero-order valence-corrected chi connectivity index (χ0v) is 32.5. The van der Waals surface area contributed by atoms with Crippen molar-refractivity contribution in [2.24, 2.45) is 17.8 Å². The normalized spacial score (nSPS) is 26.6. The summed E-state index contributed by atoms with van der Waals surface area (Å²) in [6.07, 6.45) is 7.37. The first kappa shape index (κ1) is 38.2. The number of aromatic hydroxyl groups is 1. The molecule has 2 saturated heterocycles. The van der Waals surface area contributed by atoms with E-state index in [9.17, 15) is 28.7 Å². The third kappa shape index (κ3) is 5.79. The number of methoxy groups -OCH3 is 2. The highest BCUT2D eigenvalue weighted by molar-refractivity contribution is 6.58. The second-order valence-electron chi connectivity index (χ2n) is 14.6. The van der Waals surface area contributed by atoms with E-state index >= 15 is 0 Å². The summed E-state index contributed by atoms with van der Waals surface area (Å²) in [5.74, 6) is -5.67. The van der Waals surface area contributed by atoms with Gasteiger partial charge in [-0.05, 0) is 90.9 Å². The molecule has 290 valence electrons. The van der Waals surface area contributed by atoms with Crippen molar-refractivity contribution in [3.05, 3.63) is 137 Å². The smallest absolute Gasteiger partial charge is 0.258 e. The van der Waals surface area contributed by atoms with E-state index in [1.807, 2.05) is 30.4 Å². The average Bonchev–Trinajstić information content (AvgIpc) is 3.55. The minimum atomic E-state index is -2.18. The molecule has 4 amide bonds. The highest BCUT2D eigenvalue weighted by Gasteiger charge is 2.77. The van der Waals surface area contributed by atoms with Gasteiger partial charge >= 0.3 is 0 Å². The number of anilines is 2. The van der Waals surface area contributed by atoms with E-state index in [-0.39, 0.29) is 29.8 Å². The summed E-state index contributed by atoms with van der Waals surface area (Å²) in [7, 11) is 3.17. The third-order valence-corrected chi connectivity index (χ3v) is 13.2. The van der Waals surface area contributed by atoms with Crippen LogP contribution >= 0.6 is 23.2 Å². The summed E-state index contributed by atoms with van der Waals surface area (Å²) in [6, 6.07) is 22.3. The molecule has 8 rings (SSSR count). The number of rotatable bonds is 9. The molecule has 3 fully saturated rings. The largest absolute Gasteiger partial charge is 0.507 e. The molecule has 2 aliphatic carbocycles. The van der Waals surface area contributed by atoms with Crippen LogP contribution in [-0.4, -0.2) is 52.7 Å². The summed E-state index contributed by atoms with van der Waals surface area (Å²) in [4.78, 5) is 55.8. The van der Waals surface area contributed by atoms with Crippen molar-refractivity contribution < 1.29 is 38.1 Å². The maximum absolute atomic E-state index is 14.7. The number of imide groups is 2. The lowest BCUT2D eigenvalue weighted by Crippen LogP contribution is -2.60. The molecule has 0 unspecified atom stereocenters. The van der Waals surface area contributed by atoms with Gasteiger partial charge in [-0.3, -0.25) is 24.1 Å². The van der Waals surface area contributed by atoms with Crippen LogP contribution < -0.4 is 19.3 Å². The number of carbonyl (C=O) groups is 4. The molecule has 1 N–H and O–H groups in total. The maximum Gasteiger partial charge on any atom is 0.258 e. The zero-order chi connectivity index (χ0) is 40.4.